The van der Waals surface area contributed by atoms with Crippen LogP contribution in [0.2, 0.25) is 0 Å². The van der Waals surface area contributed by atoms with Crippen LogP contribution in [0.15, 0.2) is 24.3 Å². The molecule has 0 aromatic heterocycles. The van der Waals surface area contributed by atoms with Crippen LogP contribution in [0.3, 0.4) is 0 Å². The average molecular weight is 244 g/mol. The Morgan fingerprint density at radius 3 is 2.89 bits per heavy atom. The van der Waals surface area contributed by atoms with E-state index in [0.717, 1.165) is 12.8 Å². The Labute approximate surface area is 107 Å². The van der Waals surface area contributed by atoms with E-state index in [1.165, 1.54) is 6.42 Å². The molecular formula is C14H16N2O2. The van der Waals surface area contributed by atoms with Crippen molar-refractivity contribution < 1.29 is 9.53 Å². The second-order valence-corrected chi connectivity index (χ2v) is 4.49. The summed E-state index contributed by atoms with van der Waals surface area (Å²) in [5.41, 5.74) is 0.636. The minimum atomic E-state index is -0.0183. The topological polar surface area (TPSA) is 62.1 Å². The maximum atomic E-state index is 11.8. The number of para-hydroxylation sites is 2. The lowest BCUT2D eigenvalue weighted by Crippen LogP contribution is -2.21. The van der Waals surface area contributed by atoms with Gasteiger partial charge in [0, 0.05) is 6.42 Å². The summed E-state index contributed by atoms with van der Waals surface area (Å²) in [6.45, 7) is -0.0183. The minimum Gasteiger partial charge on any atom is -0.477 e. The first-order valence-corrected chi connectivity index (χ1v) is 6.18. The van der Waals surface area contributed by atoms with Crippen LogP contribution < -0.4 is 10.1 Å². The highest BCUT2D eigenvalue weighted by Gasteiger charge is 2.21. The number of rotatable bonds is 5. The molecule has 0 aliphatic heterocycles. The third-order valence-electron chi connectivity index (χ3n) is 3.15. The van der Waals surface area contributed by atoms with Crippen molar-refractivity contribution in [1.82, 2.24) is 0 Å². The lowest BCUT2D eigenvalue weighted by atomic mass is 9.83. The van der Waals surface area contributed by atoms with E-state index in [1.807, 2.05) is 18.2 Å². The standard InChI is InChI=1S/C14H16N2O2/c15-8-9-18-13-7-2-1-6-12(13)16-14(17)10-11-4-3-5-11/h1-2,6-7,11H,3-5,9-10H2,(H,16,17). The number of hydrogen-bond acceptors (Lipinski definition) is 3. The van der Waals surface area contributed by atoms with Gasteiger partial charge in [0.1, 0.15) is 11.8 Å². The molecule has 1 aliphatic carbocycles. The van der Waals surface area contributed by atoms with Gasteiger partial charge in [0.05, 0.1) is 5.69 Å². The smallest absolute Gasteiger partial charge is 0.224 e. The van der Waals surface area contributed by atoms with Crippen molar-refractivity contribution in [3.63, 3.8) is 0 Å². The Hall–Kier alpha value is -2.02. The second kappa shape index (κ2) is 6.06. The lowest BCUT2D eigenvalue weighted by Gasteiger charge is -2.24. The first-order valence-electron chi connectivity index (χ1n) is 6.18. The molecule has 1 amide bonds. The summed E-state index contributed by atoms with van der Waals surface area (Å²) in [5, 5.41) is 11.3. The summed E-state index contributed by atoms with van der Waals surface area (Å²) < 4.78 is 5.26. The number of ether oxygens (including phenoxy) is 1. The predicted octanol–water partition coefficient (Wildman–Crippen LogP) is 2.72. The van der Waals surface area contributed by atoms with E-state index < -0.39 is 0 Å². The molecule has 0 unspecified atom stereocenters. The average Bonchev–Trinajstić information content (AvgIpc) is 2.33. The zero-order valence-electron chi connectivity index (χ0n) is 10.2. The molecule has 0 saturated heterocycles. The van der Waals surface area contributed by atoms with Crippen LogP contribution in [0.25, 0.3) is 0 Å². The van der Waals surface area contributed by atoms with Gasteiger partial charge in [-0.2, -0.15) is 5.26 Å². The molecule has 0 bridgehead atoms. The quantitative estimate of drug-likeness (QED) is 0.866. The number of benzene rings is 1. The van der Waals surface area contributed by atoms with Crippen LogP contribution in [0, 0.1) is 17.2 Å². The van der Waals surface area contributed by atoms with Gasteiger partial charge in [-0.15, -0.1) is 0 Å². The molecule has 0 radical (unpaired) electrons. The molecule has 1 saturated carbocycles. The number of amides is 1. The van der Waals surface area contributed by atoms with Crippen molar-refractivity contribution in [2.45, 2.75) is 25.7 Å². The summed E-state index contributed by atoms with van der Waals surface area (Å²) in [5.74, 6) is 1.10. The number of hydrogen-bond donors (Lipinski definition) is 1. The van der Waals surface area contributed by atoms with E-state index in [2.05, 4.69) is 5.32 Å². The Bertz CT molecular complexity index is 461. The summed E-state index contributed by atoms with van der Waals surface area (Å²) in [7, 11) is 0. The molecule has 4 heteroatoms. The molecule has 1 aliphatic rings. The van der Waals surface area contributed by atoms with E-state index in [0.29, 0.717) is 23.8 Å². The van der Waals surface area contributed by atoms with Crippen molar-refractivity contribution in [2.75, 3.05) is 11.9 Å². The van der Waals surface area contributed by atoms with Gasteiger partial charge in [0.15, 0.2) is 6.61 Å². The van der Waals surface area contributed by atoms with Gasteiger partial charge in [0.2, 0.25) is 5.91 Å². The van der Waals surface area contributed by atoms with Crippen LogP contribution in [0.5, 0.6) is 5.75 Å². The van der Waals surface area contributed by atoms with Crippen LogP contribution in [-0.2, 0) is 4.79 Å². The minimum absolute atomic E-state index is 0.0183. The molecule has 1 fully saturated rings. The fourth-order valence-electron chi connectivity index (χ4n) is 1.97. The highest BCUT2D eigenvalue weighted by Crippen LogP contribution is 2.30. The fraction of sp³-hybridized carbons (Fsp3) is 0.429. The van der Waals surface area contributed by atoms with Crippen molar-refractivity contribution >= 4 is 11.6 Å². The molecule has 1 aromatic carbocycles. The van der Waals surface area contributed by atoms with Gasteiger partial charge >= 0.3 is 0 Å². The van der Waals surface area contributed by atoms with Crippen molar-refractivity contribution in [3.8, 4) is 11.8 Å². The maximum absolute atomic E-state index is 11.8. The Morgan fingerprint density at radius 1 is 1.44 bits per heavy atom. The summed E-state index contributed by atoms with van der Waals surface area (Å²) in [6, 6.07) is 9.09. The van der Waals surface area contributed by atoms with Gasteiger partial charge in [0.25, 0.3) is 0 Å². The van der Waals surface area contributed by atoms with Gasteiger partial charge in [-0.05, 0) is 30.9 Å². The second-order valence-electron chi connectivity index (χ2n) is 4.49. The molecule has 1 aromatic rings. The van der Waals surface area contributed by atoms with Crippen LogP contribution >= 0.6 is 0 Å². The molecule has 0 heterocycles. The highest BCUT2D eigenvalue weighted by atomic mass is 16.5. The molecule has 1 N–H and O–H groups in total. The monoisotopic (exact) mass is 244 g/mol. The van der Waals surface area contributed by atoms with Crippen molar-refractivity contribution in [1.29, 1.82) is 5.26 Å². The van der Waals surface area contributed by atoms with Gasteiger partial charge in [-0.3, -0.25) is 4.79 Å². The number of nitrogens with one attached hydrogen (secondary N) is 1. The summed E-state index contributed by atoms with van der Waals surface area (Å²) in [4.78, 5) is 11.8. The number of carbonyl (C=O) groups excluding carboxylic acids is 1. The third-order valence-corrected chi connectivity index (χ3v) is 3.15. The zero-order chi connectivity index (χ0) is 12.8. The van der Waals surface area contributed by atoms with Crippen LogP contribution in [0.4, 0.5) is 5.69 Å². The number of carbonyl (C=O) groups is 1. The first kappa shape index (κ1) is 12.4. The van der Waals surface area contributed by atoms with E-state index >= 15 is 0 Å². The van der Waals surface area contributed by atoms with Crippen LogP contribution in [-0.4, -0.2) is 12.5 Å². The SMILES string of the molecule is N#CCOc1ccccc1NC(=O)CC1CCC1. The number of anilines is 1. The van der Waals surface area contributed by atoms with Crippen LogP contribution in [0.1, 0.15) is 25.7 Å². The Kier molecular flexibility index (Phi) is 4.19. The fourth-order valence-corrected chi connectivity index (χ4v) is 1.97. The highest BCUT2D eigenvalue weighted by molar-refractivity contribution is 5.92. The zero-order valence-corrected chi connectivity index (χ0v) is 10.2. The molecule has 0 spiro atoms. The van der Waals surface area contributed by atoms with Crippen molar-refractivity contribution in [2.24, 2.45) is 5.92 Å². The molecule has 94 valence electrons. The van der Waals surface area contributed by atoms with Gasteiger partial charge in [-0.25, -0.2) is 0 Å². The molecule has 2 rings (SSSR count). The largest absolute Gasteiger partial charge is 0.477 e. The molecule has 18 heavy (non-hydrogen) atoms. The lowest BCUT2D eigenvalue weighted by molar-refractivity contribution is -0.117. The number of nitriles is 1. The normalized spacial score (nSPS) is 14.4. The Morgan fingerprint density at radius 2 is 2.22 bits per heavy atom. The van der Waals surface area contributed by atoms with Gasteiger partial charge < -0.3 is 10.1 Å². The number of nitrogens with zero attached hydrogens (tertiary/aromatic N) is 1. The molecular weight excluding hydrogens is 228 g/mol. The Balaban J connectivity index is 1.94. The molecule has 4 nitrogen and oxygen atoms in total. The van der Waals surface area contributed by atoms with E-state index in [-0.39, 0.29) is 12.5 Å². The molecule has 0 atom stereocenters. The summed E-state index contributed by atoms with van der Waals surface area (Å²) in [6.07, 6.45) is 4.12. The first-order chi connectivity index (χ1) is 8.79. The van der Waals surface area contributed by atoms with Crippen molar-refractivity contribution in [3.05, 3.63) is 24.3 Å². The third kappa shape index (κ3) is 3.24. The predicted molar refractivity (Wildman–Crippen MR) is 68.1 cm³/mol. The van der Waals surface area contributed by atoms with E-state index in [4.69, 9.17) is 10.00 Å². The van der Waals surface area contributed by atoms with E-state index in [9.17, 15) is 4.79 Å². The summed E-state index contributed by atoms with van der Waals surface area (Å²) >= 11 is 0. The van der Waals surface area contributed by atoms with E-state index in [1.54, 1.807) is 12.1 Å². The maximum Gasteiger partial charge on any atom is 0.224 e. The van der Waals surface area contributed by atoms with Gasteiger partial charge in [-0.1, -0.05) is 18.6 Å².